The Balaban J connectivity index is 1.99. The van der Waals surface area contributed by atoms with Gasteiger partial charge in [-0.1, -0.05) is 53.0 Å². The van der Waals surface area contributed by atoms with Crippen LogP contribution in [0.15, 0.2) is 67.0 Å². The van der Waals surface area contributed by atoms with Gasteiger partial charge in [0.25, 0.3) is 5.91 Å². The predicted octanol–water partition coefficient (Wildman–Crippen LogP) is 6.45. The van der Waals surface area contributed by atoms with Crippen LogP contribution in [0.25, 0.3) is 0 Å². The van der Waals surface area contributed by atoms with E-state index in [-0.39, 0.29) is 11.9 Å². The molecular weight excluding hydrogens is 403 g/mol. The lowest BCUT2D eigenvalue weighted by Gasteiger charge is -2.30. The minimum absolute atomic E-state index is 0.139. The lowest BCUT2D eigenvalue weighted by molar-refractivity contribution is 0.0674. The molecule has 0 fully saturated rings. The third-order valence-electron chi connectivity index (χ3n) is 4.32. The van der Waals surface area contributed by atoms with Crippen molar-refractivity contribution in [3.05, 3.63) is 98.7 Å². The monoisotopic (exact) mass is 418 g/mol. The molecule has 0 radical (unpaired) electrons. The third-order valence-corrected chi connectivity index (χ3v) is 5.14. The molecule has 2 aromatic carbocycles. The van der Waals surface area contributed by atoms with Gasteiger partial charge in [-0.2, -0.15) is 0 Å². The molecule has 3 nitrogen and oxygen atoms in total. The molecule has 27 heavy (non-hydrogen) atoms. The summed E-state index contributed by atoms with van der Waals surface area (Å²) < 4.78 is 0. The minimum Gasteiger partial charge on any atom is -0.327 e. The summed E-state index contributed by atoms with van der Waals surface area (Å²) in [6, 6.07) is 15.8. The highest BCUT2D eigenvalue weighted by molar-refractivity contribution is 6.35. The van der Waals surface area contributed by atoms with E-state index < -0.39 is 0 Å². The number of aromatic nitrogens is 1. The topological polar surface area (TPSA) is 33.2 Å². The van der Waals surface area contributed by atoms with Crippen molar-refractivity contribution in [2.75, 3.05) is 0 Å². The number of halogens is 3. The van der Waals surface area contributed by atoms with Crippen molar-refractivity contribution in [3.63, 3.8) is 0 Å². The zero-order valence-electron chi connectivity index (χ0n) is 14.6. The third kappa shape index (κ3) is 4.81. The number of hydrogen-bond acceptors (Lipinski definition) is 2. The Morgan fingerprint density at radius 2 is 1.81 bits per heavy atom. The first-order valence-corrected chi connectivity index (χ1v) is 9.49. The highest BCUT2D eigenvalue weighted by Gasteiger charge is 2.24. The van der Waals surface area contributed by atoms with E-state index in [4.69, 9.17) is 34.8 Å². The molecule has 0 N–H and O–H groups in total. The molecule has 6 heteroatoms. The second-order valence-corrected chi connectivity index (χ2v) is 7.42. The van der Waals surface area contributed by atoms with Crippen molar-refractivity contribution in [1.82, 2.24) is 9.88 Å². The van der Waals surface area contributed by atoms with E-state index in [1.165, 1.54) is 0 Å². The Morgan fingerprint density at radius 1 is 1.04 bits per heavy atom. The van der Waals surface area contributed by atoms with Crippen molar-refractivity contribution in [3.8, 4) is 0 Å². The van der Waals surface area contributed by atoms with Crippen LogP contribution in [0.2, 0.25) is 15.1 Å². The van der Waals surface area contributed by atoms with Gasteiger partial charge in [-0.25, -0.2) is 0 Å². The average molecular weight is 420 g/mol. The Kier molecular flexibility index (Phi) is 6.38. The molecule has 1 aromatic heterocycles. The van der Waals surface area contributed by atoms with Crippen molar-refractivity contribution in [1.29, 1.82) is 0 Å². The fraction of sp³-hybridized carbons (Fsp3) is 0.143. The number of carbonyl (C=O) groups excluding carboxylic acids is 1. The summed E-state index contributed by atoms with van der Waals surface area (Å²) in [4.78, 5) is 19.2. The van der Waals surface area contributed by atoms with Crippen LogP contribution in [0.1, 0.15) is 34.5 Å². The standard InChI is InChI=1S/C21H17Cl3N2O/c1-14(16-5-3-9-25-12-16)26(13-17-7-8-19(23)11-20(17)24)21(27)15-4-2-6-18(22)10-15/h2-12,14H,13H2,1H3. The Bertz CT molecular complexity index is 947. The molecule has 1 amide bonds. The molecule has 1 unspecified atom stereocenters. The molecule has 0 saturated carbocycles. The highest BCUT2D eigenvalue weighted by atomic mass is 35.5. The van der Waals surface area contributed by atoms with Gasteiger partial charge >= 0.3 is 0 Å². The van der Waals surface area contributed by atoms with Gasteiger partial charge in [0.1, 0.15) is 0 Å². The van der Waals surface area contributed by atoms with E-state index in [1.807, 2.05) is 25.1 Å². The largest absolute Gasteiger partial charge is 0.327 e. The second-order valence-electron chi connectivity index (χ2n) is 6.14. The van der Waals surface area contributed by atoms with Crippen LogP contribution >= 0.6 is 34.8 Å². The SMILES string of the molecule is CC(c1cccnc1)N(Cc1ccc(Cl)cc1Cl)C(=O)c1cccc(Cl)c1. The highest BCUT2D eigenvalue weighted by Crippen LogP contribution is 2.28. The summed E-state index contributed by atoms with van der Waals surface area (Å²) in [6.07, 6.45) is 3.46. The van der Waals surface area contributed by atoms with E-state index in [2.05, 4.69) is 4.98 Å². The van der Waals surface area contributed by atoms with Gasteiger partial charge in [0.05, 0.1) is 6.04 Å². The van der Waals surface area contributed by atoms with E-state index in [0.29, 0.717) is 27.2 Å². The number of pyridine rings is 1. The summed E-state index contributed by atoms with van der Waals surface area (Å²) >= 11 is 18.4. The average Bonchev–Trinajstić information content (AvgIpc) is 2.67. The van der Waals surface area contributed by atoms with Crippen LogP contribution in [0.4, 0.5) is 0 Å². The molecule has 3 rings (SSSR count). The molecule has 1 atom stereocenters. The Morgan fingerprint density at radius 3 is 2.48 bits per heavy atom. The van der Waals surface area contributed by atoms with Crippen LogP contribution in [0.5, 0.6) is 0 Å². The zero-order valence-corrected chi connectivity index (χ0v) is 16.8. The number of rotatable bonds is 5. The van der Waals surface area contributed by atoms with Gasteiger partial charge in [0.15, 0.2) is 0 Å². The Labute approximate surface area is 173 Å². The number of nitrogens with zero attached hydrogens (tertiary/aromatic N) is 2. The minimum atomic E-state index is -0.211. The smallest absolute Gasteiger partial charge is 0.254 e. The Hall–Kier alpha value is -2.07. The number of carbonyl (C=O) groups is 1. The van der Waals surface area contributed by atoms with Crippen molar-refractivity contribution >= 4 is 40.7 Å². The number of hydrogen-bond donors (Lipinski definition) is 0. The molecule has 0 spiro atoms. The quantitative estimate of drug-likeness (QED) is 0.476. The van der Waals surface area contributed by atoms with Crippen LogP contribution in [0, 0.1) is 0 Å². The molecule has 0 bridgehead atoms. The van der Waals surface area contributed by atoms with Crippen LogP contribution in [-0.2, 0) is 6.54 Å². The van der Waals surface area contributed by atoms with Gasteiger partial charge in [-0.05, 0) is 54.4 Å². The summed E-state index contributed by atoms with van der Waals surface area (Å²) in [5.41, 5.74) is 2.26. The maximum Gasteiger partial charge on any atom is 0.254 e. The van der Waals surface area contributed by atoms with Crippen molar-refractivity contribution in [2.24, 2.45) is 0 Å². The van der Waals surface area contributed by atoms with E-state index in [1.54, 1.807) is 53.7 Å². The predicted molar refractivity (Wildman–Crippen MR) is 110 cm³/mol. The van der Waals surface area contributed by atoms with Gasteiger partial charge in [0.2, 0.25) is 0 Å². The molecule has 1 heterocycles. The molecule has 0 saturated heterocycles. The van der Waals surface area contributed by atoms with Crippen molar-refractivity contribution < 1.29 is 4.79 Å². The van der Waals surface area contributed by atoms with Crippen LogP contribution in [0.3, 0.4) is 0 Å². The van der Waals surface area contributed by atoms with Crippen LogP contribution in [-0.4, -0.2) is 15.8 Å². The maximum atomic E-state index is 13.3. The lowest BCUT2D eigenvalue weighted by atomic mass is 10.1. The van der Waals surface area contributed by atoms with Gasteiger partial charge in [-0.3, -0.25) is 9.78 Å². The molecule has 0 aliphatic heterocycles. The van der Waals surface area contributed by atoms with Gasteiger partial charge in [0, 0.05) is 39.6 Å². The fourth-order valence-electron chi connectivity index (χ4n) is 2.81. The van der Waals surface area contributed by atoms with Crippen molar-refractivity contribution in [2.45, 2.75) is 19.5 Å². The fourth-order valence-corrected chi connectivity index (χ4v) is 3.47. The summed E-state index contributed by atoms with van der Waals surface area (Å²) in [7, 11) is 0. The van der Waals surface area contributed by atoms with Gasteiger partial charge in [-0.15, -0.1) is 0 Å². The molecule has 0 aliphatic rings. The summed E-state index contributed by atoms with van der Waals surface area (Å²) in [5.74, 6) is -0.139. The normalized spacial score (nSPS) is 11.9. The molecule has 138 valence electrons. The summed E-state index contributed by atoms with van der Waals surface area (Å²) in [5, 5.41) is 1.58. The first-order valence-electron chi connectivity index (χ1n) is 8.36. The lowest BCUT2D eigenvalue weighted by Crippen LogP contribution is -2.33. The maximum absolute atomic E-state index is 13.3. The molecular formula is C21H17Cl3N2O. The van der Waals surface area contributed by atoms with Crippen LogP contribution < -0.4 is 0 Å². The molecule has 3 aromatic rings. The number of benzene rings is 2. The summed E-state index contributed by atoms with van der Waals surface area (Å²) in [6.45, 7) is 2.29. The molecule has 0 aliphatic carbocycles. The van der Waals surface area contributed by atoms with E-state index in [9.17, 15) is 4.79 Å². The zero-order chi connectivity index (χ0) is 19.4. The first-order chi connectivity index (χ1) is 13.0. The number of amides is 1. The van der Waals surface area contributed by atoms with E-state index >= 15 is 0 Å². The van der Waals surface area contributed by atoms with E-state index in [0.717, 1.165) is 11.1 Å². The second kappa shape index (κ2) is 8.75. The first kappa shape index (κ1) is 19.7. The van der Waals surface area contributed by atoms with Gasteiger partial charge < -0.3 is 4.90 Å².